The monoisotopic (exact) mass is 431 g/mol. The zero-order valence-corrected chi connectivity index (χ0v) is 18.3. The number of amides is 1. The number of halogens is 1. The van der Waals surface area contributed by atoms with Crippen LogP contribution in [0.2, 0.25) is 0 Å². The van der Waals surface area contributed by atoms with Gasteiger partial charge in [0.2, 0.25) is 0 Å². The minimum atomic E-state index is -0.311. The Morgan fingerprint density at radius 1 is 1.30 bits per heavy atom. The van der Waals surface area contributed by atoms with Gasteiger partial charge in [0.1, 0.15) is 22.2 Å². The molecule has 0 aliphatic carbocycles. The van der Waals surface area contributed by atoms with Crippen molar-refractivity contribution in [2.75, 3.05) is 58.8 Å². The van der Waals surface area contributed by atoms with Gasteiger partial charge in [0, 0.05) is 51.1 Å². The fourth-order valence-corrected chi connectivity index (χ4v) is 4.76. The van der Waals surface area contributed by atoms with E-state index in [2.05, 4.69) is 17.3 Å². The molecule has 1 saturated heterocycles. The van der Waals surface area contributed by atoms with Crippen LogP contribution in [0.4, 0.5) is 10.2 Å². The number of ether oxygens (including phenoxy) is 1. The predicted octanol–water partition coefficient (Wildman–Crippen LogP) is 2.96. The third-order valence-electron chi connectivity index (χ3n) is 5.39. The van der Waals surface area contributed by atoms with Crippen LogP contribution in [-0.2, 0) is 4.74 Å². The average molecular weight is 432 g/mol. The second-order valence-corrected chi connectivity index (χ2v) is 8.45. The Kier molecular flexibility index (Phi) is 6.03. The fraction of sp³-hybridized carbons (Fsp3) is 0.429. The Morgan fingerprint density at radius 3 is 2.77 bits per heavy atom. The molecule has 3 heterocycles. The lowest BCUT2D eigenvalue weighted by Crippen LogP contribution is -2.47. The van der Waals surface area contributed by atoms with E-state index in [-0.39, 0.29) is 11.7 Å². The van der Waals surface area contributed by atoms with Gasteiger partial charge < -0.3 is 19.9 Å². The van der Waals surface area contributed by atoms with Gasteiger partial charge in [-0.2, -0.15) is 0 Å². The second kappa shape index (κ2) is 8.71. The zero-order chi connectivity index (χ0) is 21.3. The van der Waals surface area contributed by atoms with Crippen LogP contribution >= 0.6 is 11.3 Å². The lowest BCUT2D eigenvalue weighted by atomic mass is 10.1. The van der Waals surface area contributed by atoms with Crippen LogP contribution in [0.15, 0.2) is 24.3 Å². The van der Waals surface area contributed by atoms with Crippen molar-refractivity contribution in [3.63, 3.8) is 0 Å². The van der Waals surface area contributed by atoms with E-state index in [0.29, 0.717) is 34.2 Å². The first kappa shape index (κ1) is 20.8. The van der Waals surface area contributed by atoms with Crippen LogP contribution in [0.3, 0.4) is 0 Å². The maximum atomic E-state index is 13.8. The number of imidazole rings is 1. The van der Waals surface area contributed by atoms with Crippen LogP contribution < -0.4 is 5.32 Å². The van der Waals surface area contributed by atoms with Crippen molar-refractivity contribution in [2.24, 2.45) is 0 Å². The topological polar surface area (TPSA) is 62.1 Å². The Hall–Kier alpha value is -2.49. The maximum Gasteiger partial charge on any atom is 0.265 e. The van der Waals surface area contributed by atoms with Gasteiger partial charge >= 0.3 is 0 Å². The summed E-state index contributed by atoms with van der Waals surface area (Å²) >= 11 is 1.38. The van der Waals surface area contributed by atoms with Gasteiger partial charge in [-0.05, 0) is 26.1 Å². The maximum absolute atomic E-state index is 13.8. The standard InChI is InChI=1S/C21H26FN5O2S/c1-14-18(20(28)26-10-8-25(2)9-11-26)30-21-24-17(15-5-4-6-16(22)13-15)19(27(14)21)23-7-12-29-3/h4-6,13,23H,7-12H2,1-3H3. The molecule has 1 N–H and O–H groups in total. The third-order valence-corrected chi connectivity index (χ3v) is 6.52. The van der Waals surface area contributed by atoms with E-state index in [1.807, 2.05) is 22.3 Å². The summed E-state index contributed by atoms with van der Waals surface area (Å²) in [5.74, 6) is 0.486. The summed E-state index contributed by atoms with van der Waals surface area (Å²) in [7, 11) is 3.71. The van der Waals surface area contributed by atoms with Crippen molar-refractivity contribution in [1.29, 1.82) is 0 Å². The van der Waals surface area contributed by atoms with Gasteiger partial charge in [-0.15, -0.1) is 0 Å². The summed E-state index contributed by atoms with van der Waals surface area (Å²) in [5, 5.41) is 3.36. The first-order chi connectivity index (χ1) is 14.5. The number of carbonyl (C=O) groups excluding carboxylic acids is 1. The lowest BCUT2D eigenvalue weighted by molar-refractivity contribution is 0.0668. The molecule has 1 amide bonds. The van der Waals surface area contributed by atoms with E-state index in [1.165, 1.54) is 23.5 Å². The molecule has 0 bridgehead atoms. The average Bonchev–Trinajstić information content (AvgIpc) is 3.25. The molecule has 160 valence electrons. The minimum Gasteiger partial charge on any atom is -0.383 e. The Balaban J connectivity index is 1.74. The van der Waals surface area contributed by atoms with Crippen LogP contribution in [0.5, 0.6) is 0 Å². The van der Waals surface area contributed by atoms with E-state index in [1.54, 1.807) is 13.2 Å². The number of thiazole rings is 1. The first-order valence-corrected chi connectivity index (χ1v) is 10.8. The smallest absolute Gasteiger partial charge is 0.265 e. The number of hydrogen-bond acceptors (Lipinski definition) is 6. The number of piperazine rings is 1. The molecular weight excluding hydrogens is 405 g/mol. The number of nitrogens with zero attached hydrogens (tertiary/aromatic N) is 4. The van der Waals surface area contributed by atoms with Crippen molar-refractivity contribution < 1.29 is 13.9 Å². The normalized spacial score (nSPS) is 15.1. The minimum absolute atomic E-state index is 0.0475. The van der Waals surface area contributed by atoms with E-state index in [4.69, 9.17) is 9.72 Å². The molecule has 0 spiro atoms. The van der Waals surface area contributed by atoms with Crippen molar-refractivity contribution in [1.82, 2.24) is 19.2 Å². The molecule has 0 atom stereocenters. The number of fused-ring (bicyclic) bond motifs is 1. The SMILES string of the molecule is COCCNc1c(-c2cccc(F)c2)nc2sc(C(=O)N3CCN(C)CC3)c(C)n12. The molecule has 7 nitrogen and oxygen atoms in total. The van der Waals surface area contributed by atoms with Crippen LogP contribution in [-0.4, -0.2) is 78.6 Å². The highest BCUT2D eigenvalue weighted by atomic mass is 32.1. The van der Waals surface area contributed by atoms with Gasteiger partial charge in [-0.25, -0.2) is 9.37 Å². The summed E-state index contributed by atoms with van der Waals surface area (Å²) < 4.78 is 21.0. The number of aryl methyl sites for hydroxylation is 1. The molecule has 0 saturated carbocycles. The molecule has 2 aromatic heterocycles. The van der Waals surface area contributed by atoms with Gasteiger partial charge in [-0.3, -0.25) is 9.20 Å². The van der Waals surface area contributed by atoms with Gasteiger partial charge in [0.05, 0.1) is 6.61 Å². The highest BCUT2D eigenvalue weighted by molar-refractivity contribution is 7.19. The van der Waals surface area contributed by atoms with Gasteiger partial charge in [0.25, 0.3) is 5.91 Å². The second-order valence-electron chi connectivity index (χ2n) is 7.47. The van der Waals surface area contributed by atoms with Crippen molar-refractivity contribution in [2.45, 2.75) is 6.92 Å². The lowest BCUT2D eigenvalue weighted by Gasteiger charge is -2.32. The number of anilines is 1. The molecule has 1 aromatic carbocycles. The summed E-state index contributed by atoms with van der Waals surface area (Å²) in [6.07, 6.45) is 0. The van der Waals surface area contributed by atoms with Gasteiger partial charge in [-0.1, -0.05) is 23.5 Å². The summed E-state index contributed by atoms with van der Waals surface area (Å²) in [6, 6.07) is 6.40. The Labute approximate surface area is 179 Å². The quantitative estimate of drug-likeness (QED) is 0.608. The fourth-order valence-electron chi connectivity index (χ4n) is 3.67. The van der Waals surface area contributed by atoms with E-state index in [9.17, 15) is 9.18 Å². The molecule has 3 aromatic rings. The predicted molar refractivity (Wildman–Crippen MR) is 117 cm³/mol. The molecule has 9 heteroatoms. The van der Waals surface area contributed by atoms with Crippen LogP contribution in [0, 0.1) is 12.7 Å². The Morgan fingerprint density at radius 2 is 2.07 bits per heavy atom. The molecule has 1 aliphatic heterocycles. The molecule has 0 radical (unpaired) electrons. The number of likely N-dealkylation sites (N-methyl/N-ethyl adjacent to an activating group) is 1. The highest BCUT2D eigenvalue weighted by Crippen LogP contribution is 2.35. The first-order valence-electron chi connectivity index (χ1n) is 9.98. The number of nitrogens with one attached hydrogen (secondary N) is 1. The zero-order valence-electron chi connectivity index (χ0n) is 17.4. The van der Waals surface area contributed by atoms with Gasteiger partial charge in [0.15, 0.2) is 4.96 Å². The van der Waals surface area contributed by atoms with Crippen LogP contribution in [0.25, 0.3) is 16.2 Å². The van der Waals surface area contributed by atoms with Crippen molar-refractivity contribution in [3.05, 3.63) is 40.7 Å². The van der Waals surface area contributed by atoms with Crippen LogP contribution in [0.1, 0.15) is 15.4 Å². The number of rotatable bonds is 6. The summed E-state index contributed by atoms with van der Waals surface area (Å²) in [6.45, 7) is 6.23. The van der Waals surface area contributed by atoms with E-state index in [0.717, 1.165) is 37.7 Å². The molecule has 1 aliphatic rings. The number of aromatic nitrogens is 2. The molecule has 0 unspecified atom stereocenters. The number of benzene rings is 1. The molecule has 30 heavy (non-hydrogen) atoms. The number of methoxy groups -OCH3 is 1. The molecular formula is C21H26FN5O2S. The summed E-state index contributed by atoms with van der Waals surface area (Å²) in [4.78, 5) is 23.4. The number of hydrogen-bond donors (Lipinski definition) is 1. The van der Waals surface area contributed by atoms with E-state index >= 15 is 0 Å². The molecule has 4 rings (SSSR count). The van der Waals surface area contributed by atoms with E-state index < -0.39 is 0 Å². The summed E-state index contributed by atoms with van der Waals surface area (Å²) in [5.41, 5.74) is 2.20. The largest absolute Gasteiger partial charge is 0.383 e. The third kappa shape index (κ3) is 3.92. The molecule has 1 fully saturated rings. The van der Waals surface area contributed by atoms with Crippen molar-refractivity contribution >= 4 is 28.0 Å². The Bertz CT molecular complexity index is 1060. The highest BCUT2D eigenvalue weighted by Gasteiger charge is 2.27. The van der Waals surface area contributed by atoms with Crippen molar-refractivity contribution in [3.8, 4) is 11.3 Å². The number of carbonyl (C=O) groups is 1.